The summed E-state index contributed by atoms with van der Waals surface area (Å²) in [5, 5.41) is 2.87. The summed E-state index contributed by atoms with van der Waals surface area (Å²) in [5.74, 6) is 0. The Bertz CT molecular complexity index is 368. The molecule has 0 bridgehead atoms. The monoisotopic (exact) mass is 321 g/mol. The summed E-state index contributed by atoms with van der Waals surface area (Å²) in [6.45, 7) is 10.2. The largest absolute Gasteiger partial charge is 0.377 e. The van der Waals surface area contributed by atoms with Crippen LogP contribution in [0.3, 0.4) is 0 Å². The highest BCUT2D eigenvalue weighted by atomic mass is 31.2. The van der Waals surface area contributed by atoms with Crippen molar-refractivity contribution in [3.05, 3.63) is 0 Å². The van der Waals surface area contributed by atoms with Gasteiger partial charge in [0.1, 0.15) is 7.85 Å². The van der Waals surface area contributed by atoms with Gasteiger partial charge in [-0.1, -0.05) is 13.8 Å². The van der Waals surface area contributed by atoms with Crippen LogP contribution in [-0.4, -0.2) is 62.0 Å². The molecule has 0 aromatic carbocycles. The Morgan fingerprint density at radius 3 is 2.48 bits per heavy atom. The Kier molecular flexibility index (Phi) is 7.37. The van der Waals surface area contributed by atoms with Crippen LogP contribution in [0.4, 0.5) is 0 Å². The summed E-state index contributed by atoms with van der Waals surface area (Å²) < 4.78 is 29.5. The van der Waals surface area contributed by atoms with Gasteiger partial charge < -0.3 is 19.1 Å². The fourth-order valence-corrected chi connectivity index (χ4v) is 3.36. The van der Waals surface area contributed by atoms with E-state index >= 15 is 0 Å². The Labute approximate surface area is 128 Å². The molecule has 1 saturated heterocycles. The van der Waals surface area contributed by atoms with E-state index in [-0.39, 0.29) is 36.0 Å². The van der Waals surface area contributed by atoms with Crippen LogP contribution in [0.15, 0.2) is 0 Å². The van der Waals surface area contributed by atoms with Gasteiger partial charge in [0.05, 0.1) is 37.0 Å². The molecule has 0 spiro atoms. The second-order valence-corrected chi connectivity index (χ2v) is 8.59. The minimum Gasteiger partial charge on any atom is -0.377 e. The van der Waals surface area contributed by atoms with E-state index in [1.54, 1.807) is 13.8 Å². The Morgan fingerprint density at radius 2 is 2.00 bits per heavy atom. The summed E-state index contributed by atoms with van der Waals surface area (Å²) in [7, 11) is -1.53. The highest BCUT2D eigenvalue weighted by Gasteiger charge is 2.46. The first-order chi connectivity index (χ1) is 9.69. The van der Waals surface area contributed by atoms with E-state index in [2.05, 4.69) is 5.09 Å². The van der Waals surface area contributed by atoms with Crippen LogP contribution in [0.1, 0.15) is 34.6 Å². The molecule has 124 valence electrons. The zero-order valence-corrected chi connectivity index (χ0v) is 14.8. The van der Waals surface area contributed by atoms with Crippen LogP contribution in [0, 0.1) is 0 Å². The van der Waals surface area contributed by atoms with Gasteiger partial charge in [0.15, 0.2) is 0 Å². The first kappa shape index (κ1) is 19.1. The second-order valence-electron chi connectivity index (χ2n) is 6.05. The molecular formula is C13H29BNO5P. The lowest BCUT2D eigenvalue weighted by atomic mass is 9.92. The molecule has 0 radical (unpaired) electrons. The first-order valence-electron chi connectivity index (χ1n) is 7.68. The highest BCUT2D eigenvalue weighted by molar-refractivity contribution is 7.56. The number of hydrogen-bond acceptors (Lipinski definition) is 4. The first-order valence-corrected chi connectivity index (χ1v) is 9.40. The van der Waals surface area contributed by atoms with Crippen molar-refractivity contribution >= 4 is 15.4 Å². The van der Waals surface area contributed by atoms with E-state index in [0.717, 1.165) is 0 Å². The molecule has 5 atom stereocenters. The van der Waals surface area contributed by atoms with Crippen molar-refractivity contribution in [1.29, 1.82) is 0 Å². The molecule has 0 saturated carbocycles. The molecule has 1 aliphatic heterocycles. The molecule has 2 N–H and O–H groups in total. The van der Waals surface area contributed by atoms with E-state index in [4.69, 9.17) is 14.2 Å². The number of rotatable bonds is 8. The van der Waals surface area contributed by atoms with Gasteiger partial charge in [0, 0.05) is 12.3 Å². The predicted octanol–water partition coefficient (Wildman–Crippen LogP) is 0.726. The van der Waals surface area contributed by atoms with Crippen LogP contribution in [0.2, 0.25) is 0 Å². The minimum atomic E-state index is -3.45. The molecule has 1 rings (SSSR count). The third-order valence-corrected chi connectivity index (χ3v) is 5.66. The van der Waals surface area contributed by atoms with Gasteiger partial charge in [-0.25, -0.2) is 5.09 Å². The van der Waals surface area contributed by atoms with Crippen molar-refractivity contribution in [3.63, 3.8) is 0 Å². The quantitative estimate of drug-likeness (QED) is 0.507. The molecule has 0 amide bonds. The van der Waals surface area contributed by atoms with Gasteiger partial charge in [0.25, 0.3) is 7.52 Å². The molecule has 1 heterocycles. The van der Waals surface area contributed by atoms with Crippen molar-refractivity contribution in [1.82, 2.24) is 5.09 Å². The van der Waals surface area contributed by atoms with E-state index in [1.807, 2.05) is 28.6 Å². The Morgan fingerprint density at radius 1 is 1.38 bits per heavy atom. The topological polar surface area (TPSA) is 77.0 Å². The van der Waals surface area contributed by atoms with E-state index in [9.17, 15) is 9.46 Å². The van der Waals surface area contributed by atoms with Crippen LogP contribution in [0.5, 0.6) is 0 Å². The molecule has 1 fully saturated rings. The highest BCUT2D eigenvalue weighted by Crippen LogP contribution is 2.43. The van der Waals surface area contributed by atoms with Crippen LogP contribution < -0.4 is 5.09 Å². The maximum Gasteiger partial charge on any atom is 0.270 e. The van der Waals surface area contributed by atoms with E-state index in [0.29, 0.717) is 13.2 Å². The molecule has 0 aromatic rings. The van der Waals surface area contributed by atoms with Gasteiger partial charge in [-0.3, -0.25) is 4.57 Å². The third kappa shape index (κ3) is 5.34. The van der Waals surface area contributed by atoms with Crippen molar-refractivity contribution in [2.75, 3.05) is 13.2 Å². The van der Waals surface area contributed by atoms with Gasteiger partial charge in [-0.2, -0.15) is 0 Å². The van der Waals surface area contributed by atoms with Crippen molar-refractivity contribution in [3.8, 4) is 0 Å². The normalized spacial score (nSPS) is 32.8. The summed E-state index contributed by atoms with van der Waals surface area (Å²) >= 11 is 0. The van der Waals surface area contributed by atoms with Gasteiger partial charge in [-0.15, -0.1) is 0 Å². The SMILES string of the molecule is B[C@@H]1O[C@H](COC(C)C)C(NP(=O)(O)C(C)C)[C@@H]1OCC. The fourth-order valence-electron chi connectivity index (χ4n) is 2.32. The molecule has 6 nitrogen and oxygen atoms in total. The van der Waals surface area contributed by atoms with Gasteiger partial charge in [0.2, 0.25) is 0 Å². The van der Waals surface area contributed by atoms with Crippen molar-refractivity contribution in [2.45, 2.75) is 70.6 Å². The van der Waals surface area contributed by atoms with Gasteiger partial charge in [-0.05, 0) is 20.8 Å². The molecular weight excluding hydrogens is 292 g/mol. The molecule has 8 heteroatoms. The summed E-state index contributed by atoms with van der Waals surface area (Å²) in [6, 6.07) is -0.493. The number of ether oxygens (including phenoxy) is 3. The molecule has 0 aliphatic carbocycles. The molecule has 0 aromatic heterocycles. The lowest BCUT2D eigenvalue weighted by molar-refractivity contribution is -0.0242. The summed E-state index contributed by atoms with van der Waals surface area (Å²) in [4.78, 5) is 10.1. The maximum atomic E-state index is 12.3. The summed E-state index contributed by atoms with van der Waals surface area (Å²) in [6.07, 6.45) is -0.463. The van der Waals surface area contributed by atoms with E-state index < -0.39 is 7.52 Å². The Hall–Kier alpha value is 0.0949. The van der Waals surface area contributed by atoms with Crippen molar-refractivity contribution in [2.24, 2.45) is 0 Å². The lowest BCUT2D eigenvalue weighted by Gasteiger charge is -2.28. The predicted molar refractivity (Wildman–Crippen MR) is 85.6 cm³/mol. The molecule has 2 unspecified atom stereocenters. The molecule has 21 heavy (non-hydrogen) atoms. The lowest BCUT2D eigenvalue weighted by Crippen LogP contribution is -2.47. The number of hydrogen-bond donors (Lipinski definition) is 2. The average molecular weight is 321 g/mol. The second kappa shape index (κ2) is 8.09. The maximum absolute atomic E-state index is 12.3. The van der Waals surface area contributed by atoms with E-state index in [1.165, 1.54) is 0 Å². The zero-order valence-electron chi connectivity index (χ0n) is 13.9. The van der Waals surface area contributed by atoms with Crippen LogP contribution in [-0.2, 0) is 18.8 Å². The standard InChI is InChI=1S/C13H29BNO5P/c1-6-18-12-11(15-21(16,17)9(4)5)10(20-13(12)14)7-19-8(2)3/h8-13H,6-7,14H2,1-5H3,(H2,15,16,17)/t10-,11?,12+,13-/m1/s1. The minimum absolute atomic E-state index is 0.0849. The molecule has 1 aliphatic rings. The summed E-state index contributed by atoms with van der Waals surface area (Å²) in [5.41, 5.74) is -0.359. The number of nitrogens with one attached hydrogen (secondary N) is 1. The third-order valence-electron chi connectivity index (χ3n) is 3.59. The zero-order chi connectivity index (χ0) is 16.2. The van der Waals surface area contributed by atoms with Crippen molar-refractivity contribution < 1.29 is 23.7 Å². The van der Waals surface area contributed by atoms with Crippen LogP contribution >= 0.6 is 7.52 Å². The fraction of sp³-hybridized carbons (Fsp3) is 1.00. The van der Waals surface area contributed by atoms with Gasteiger partial charge >= 0.3 is 0 Å². The smallest absolute Gasteiger partial charge is 0.270 e. The van der Waals surface area contributed by atoms with Crippen LogP contribution in [0.25, 0.3) is 0 Å². The Balaban J connectivity index is 2.84. The average Bonchev–Trinajstić information content (AvgIpc) is 2.64.